The van der Waals surface area contributed by atoms with Gasteiger partial charge in [-0.15, -0.1) is 0 Å². The van der Waals surface area contributed by atoms with Gasteiger partial charge in [0.15, 0.2) is 5.78 Å². The van der Waals surface area contributed by atoms with E-state index < -0.39 is 10.1 Å². The average Bonchev–Trinajstić information content (AvgIpc) is 2.60. The molecule has 0 amide bonds. The highest BCUT2D eigenvalue weighted by molar-refractivity contribution is 7.85. The fourth-order valence-corrected chi connectivity index (χ4v) is 2.59. The number of benzene rings is 2. The smallest absolute Gasteiger partial charge is 0.264 e. The van der Waals surface area contributed by atoms with Gasteiger partial charge in [0.25, 0.3) is 10.1 Å². The first-order valence-electron chi connectivity index (χ1n) is 7.90. The number of carbonyl (C=O) groups is 1. The van der Waals surface area contributed by atoms with Crippen molar-refractivity contribution >= 4 is 21.6 Å². The summed E-state index contributed by atoms with van der Waals surface area (Å²) in [6.45, 7) is 0.184. The Morgan fingerprint density at radius 1 is 1.08 bits per heavy atom. The quantitative estimate of drug-likeness (QED) is 0.321. The van der Waals surface area contributed by atoms with Gasteiger partial charge in [0.05, 0.1) is 12.9 Å². The van der Waals surface area contributed by atoms with Crippen LogP contribution in [0.3, 0.4) is 0 Å². The molecule has 2 aromatic carbocycles. The lowest BCUT2D eigenvalue weighted by Gasteiger charge is -2.04. The zero-order valence-electron chi connectivity index (χ0n) is 14.0. The third kappa shape index (κ3) is 7.32. The van der Waals surface area contributed by atoms with Gasteiger partial charge in [-0.25, -0.2) is 0 Å². The maximum atomic E-state index is 11.9. The van der Waals surface area contributed by atoms with Gasteiger partial charge in [0, 0.05) is 23.5 Å². The van der Waals surface area contributed by atoms with E-state index in [2.05, 4.69) is 5.32 Å². The van der Waals surface area contributed by atoms with Crippen LogP contribution in [0.2, 0.25) is 0 Å². The highest BCUT2D eigenvalue weighted by atomic mass is 32.2. The van der Waals surface area contributed by atoms with Crippen LogP contribution in [0.5, 0.6) is 0 Å². The molecule has 0 heterocycles. The summed E-state index contributed by atoms with van der Waals surface area (Å²) in [6, 6.07) is 16.8. The molecule has 2 aromatic rings. The maximum Gasteiger partial charge on any atom is 0.264 e. The van der Waals surface area contributed by atoms with E-state index in [4.69, 9.17) is 4.18 Å². The van der Waals surface area contributed by atoms with Crippen LogP contribution in [0.4, 0.5) is 5.69 Å². The van der Waals surface area contributed by atoms with E-state index in [1.165, 1.54) is 6.08 Å². The normalized spacial score (nSPS) is 11.6. The van der Waals surface area contributed by atoms with Gasteiger partial charge < -0.3 is 5.32 Å². The first-order valence-corrected chi connectivity index (χ1v) is 9.71. The maximum absolute atomic E-state index is 11.9. The first-order chi connectivity index (χ1) is 11.9. The van der Waals surface area contributed by atoms with Crippen molar-refractivity contribution in [1.82, 2.24) is 0 Å². The molecule has 0 saturated carbocycles. The Labute approximate surface area is 148 Å². The number of carbonyl (C=O) groups excluding carboxylic acids is 1. The molecular formula is C19H21NO4S. The van der Waals surface area contributed by atoms with E-state index in [1.807, 2.05) is 42.5 Å². The summed E-state index contributed by atoms with van der Waals surface area (Å²) in [4.78, 5) is 11.9. The van der Waals surface area contributed by atoms with Crippen LogP contribution in [0.1, 0.15) is 22.3 Å². The summed E-state index contributed by atoms with van der Waals surface area (Å²) < 4.78 is 26.4. The number of anilines is 1. The predicted molar refractivity (Wildman–Crippen MR) is 99.1 cm³/mol. The number of allylic oxidation sites excluding steroid dienone is 1. The van der Waals surface area contributed by atoms with Crippen LogP contribution in [-0.2, 0) is 20.7 Å². The minimum Gasteiger partial charge on any atom is -0.362 e. The number of ketones is 1. The molecule has 1 N–H and O–H groups in total. The predicted octanol–water partition coefficient (Wildman–Crippen LogP) is 3.40. The fraction of sp³-hybridized carbons (Fsp3) is 0.211. The van der Waals surface area contributed by atoms with Crippen molar-refractivity contribution in [2.75, 3.05) is 18.2 Å². The van der Waals surface area contributed by atoms with Crippen molar-refractivity contribution in [2.45, 2.75) is 12.8 Å². The number of hydrogen-bond acceptors (Lipinski definition) is 5. The highest BCUT2D eigenvalue weighted by Gasteiger charge is 2.02. The molecule has 0 fully saturated rings. The lowest BCUT2D eigenvalue weighted by Crippen LogP contribution is -2.04. The molecule has 6 heteroatoms. The largest absolute Gasteiger partial charge is 0.362 e. The van der Waals surface area contributed by atoms with Crippen molar-refractivity contribution in [2.24, 2.45) is 0 Å². The van der Waals surface area contributed by atoms with E-state index >= 15 is 0 Å². The van der Waals surface area contributed by atoms with Gasteiger partial charge >= 0.3 is 0 Å². The second-order valence-electron chi connectivity index (χ2n) is 5.53. The highest BCUT2D eigenvalue weighted by Crippen LogP contribution is 2.11. The standard InChI is InChI=1S/C19H21NO4S/c1-25(22,23)24-15-5-6-16-9-11-18(12-10-16)20-14-13-19(21)17-7-3-2-4-8-17/h2-4,7-14,20H,5-6,15H2,1H3. The molecule has 25 heavy (non-hydrogen) atoms. The van der Waals surface area contributed by atoms with Gasteiger partial charge in [0.2, 0.25) is 0 Å². The van der Waals surface area contributed by atoms with Crippen molar-refractivity contribution in [1.29, 1.82) is 0 Å². The lowest BCUT2D eigenvalue weighted by molar-refractivity contribution is 0.104. The van der Waals surface area contributed by atoms with E-state index in [1.54, 1.807) is 18.3 Å². The molecule has 0 aliphatic carbocycles. The van der Waals surface area contributed by atoms with Crippen LogP contribution < -0.4 is 5.32 Å². The molecule has 0 spiro atoms. The Hall–Kier alpha value is -2.44. The first kappa shape index (κ1) is 18.9. The molecule has 0 aliphatic rings. The van der Waals surface area contributed by atoms with Crippen molar-refractivity contribution in [3.63, 3.8) is 0 Å². The zero-order chi connectivity index (χ0) is 18.1. The zero-order valence-corrected chi connectivity index (χ0v) is 14.8. The Balaban J connectivity index is 1.78. The van der Waals surface area contributed by atoms with Crippen LogP contribution in [0.15, 0.2) is 66.9 Å². The molecule has 0 saturated heterocycles. The fourth-order valence-electron chi connectivity index (χ4n) is 2.17. The molecule has 132 valence electrons. The van der Waals surface area contributed by atoms with Crippen LogP contribution >= 0.6 is 0 Å². The molecular weight excluding hydrogens is 338 g/mol. The molecule has 0 aliphatic heterocycles. The molecule has 0 radical (unpaired) electrons. The minimum atomic E-state index is -3.37. The van der Waals surface area contributed by atoms with Crippen molar-refractivity contribution < 1.29 is 17.4 Å². The van der Waals surface area contributed by atoms with Gasteiger partial charge in [-0.1, -0.05) is 42.5 Å². The van der Waals surface area contributed by atoms with Gasteiger partial charge in [-0.3, -0.25) is 8.98 Å². The third-order valence-corrected chi connectivity index (χ3v) is 4.00. The second kappa shape index (κ2) is 9.15. The number of nitrogens with one attached hydrogen (secondary N) is 1. The number of aryl methyl sites for hydroxylation is 1. The molecule has 2 rings (SSSR count). The summed E-state index contributed by atoms with van der Waals surface area (Å²) in [5.41, 5.74) is 2.60. The van der Waals surface area contributed by atoms with Gasteiger partial charge in [-0.05, 0) is 30.5 Å². The Bertz CT molecular complexity index is 812. The Kier molecular flexibility index (Phi) is 6.91. The molecule has 0 aromatic heterocycles. The topological polar surface area (TPSA) is 72.5 Å². The van der Waals surface area contributed by atoms with Crippen LogP contribution in [0, 0.1) is 0 Å². The van der Waals surface area contributed by atoms with Gasteiger partial charge in [0.1, 0.15) is 0 Å². The Morgan fingerprint density at radius 2 is 1.76 bits per heavy atom. The molecule has 0 bridgehead atoms. The molecule has 0 unspecified atom stereocenters. The van der Waals surface area contributed by atoms with Crippen molar-refractivity contribution in [3.8, 4) is 0 Å². The van der Waals surface area contributed by atoms with E-state index in [0.29, 0.717) is 12.0 Å². The van der Waals surface area contributed by atoms with Crippen LogP contribution in [-0.4, -0.2) is 27.1 Å². The summed E-state index contributed by atoms with van der Waals surface area (Å²) >= 11 is 0. The van der Waals surface area contributed by atoms with E-state index in [0.717, 1.165) is 23.9 Å². The Morgan fingerprint density at radius 3 is 2.40 bits per heavy atom. The summed E-state index contributed by atoms with van der Waals surface area (Å²) in [6.07, 6.45) is 5.52. The molecule has 5 nitrogen and oxygen atoms in total. The molecule has 0 atom stereocenters. The van der Waals surface area contributed by atoms with Crippen LogP contribution in [0.25, 0.3) is 0 Å². The van der Waals surface area contributed by atoms with E-state index in [9.17, 15) is 13.2 Å². The monoisotopic (exact) mass is 359 g/mol. The SMILES string of the molecule is CS(=O)(=O)OCCCc1ccc(NC=CC(=O)c2ccccc2)cc1. The average molecular weight is 359 g/mol. The number of hydrogen-bond donors (Lipinski definition) is 1. The second-order valence-corrected chi connectivity index (χ2v) is 7.18. The summed E-state index contributed by atoms with van der Waals surface area (Å²) in [5, 5.41) is 3.05. The van der Waals surface area contributed by atoms with Gasteiger partial charge in [-0.2, -0.15) is 8.42 Å². The lowest BCUT2D eigenvalue weighted by atomic mass is 10.1. The minimum absolute atomic E-state index is 0.0596. The third-order valence-electron chi connectivity index (χ3n) is 3.40. The van der Waals surface area contributed by atoms with Crippen molar-refractivity contribution in [3.05, 3.63) is 78.0 Å². The summed E-state index contributed by atoms with van der Waals surface area (Å²) in [7, 11) is -3.37. The number of rotatable bonds is 9. The summed E-state index contributed by atoms with van der Waals surface area (Å²) in [5.74, 6) is -0.0596. The van der Waals surface area contributed by atoms with E-state index in [-0.39, 0.29) is 12.4 Å².